The lowest BCUT2D eigenvalue weighted by molar-refractivity contribution is -0.124. The second-order valence-electron chi connectivity index (χ2n) is 8.90. The van der Waals surface area contributed by atoms with Gasteiger partial charge >= 0.3 is 0 Å². The molecule has 1 saturated heterocycles. The largest absolute Gasteiger partial charge is 0.415 e. The first kappa shape index (κ1) is 22.1. The summed E-state index contributed by atoms with van der Waals surface area (Å²) >= 11 is 0. The van der Waals surface area contributed by atoms with Crippen molar-refractivity contribution in [2.75, 3.05) is 6.61 Å². The van der Waals surface area contributed by atoms with Gasteiger partial charge in [0.2, 0.25) is 5.91 Å². The minimum absolute atomic E-state index is 0.0380. The van der Waals surface area contributed by atoms with E-state index >= 15 is 0 Å². The molecule has 1 heterocycles. The van der Waals surface area contributed by atoms with Crippen molar-refractivity contribution in [3.63, 3.8) is 0 Å². The van der Waals surface area contributed by atoms with E-state index in [1.165, 1.54) is 0 Å². The monoisotopic (exact) mass is 411 g/mol. The third-order valence-corrected chi connectivity index (χ3v) is 12.9. The number of carbonyl (C=O) groups is 1. The van der Waals surface area contributed by atoms with Crippen LogP contribution < -0.4 is 0 Å². The maximum atomic E-state index is 13.1. The van der Waals surface area contributed by atoms with E-state index < -0.39 is 24.4 Å². The molecule has 1 aromatic carbocycles. The Balaban J connectivity index is 2.23. The summed E-state index contributed by atoms with van der Waals surface area (Å²) in [5.41, 5.74) is 0.977. The molecule has 0 unspecified atom stereocenters. The highest BCUT2D eigenvalue weighted by molar-refractivity contribution is 7.89. The van der Waals surface area contributed by atoms with Crippen molar-refractivity contribution in [1.82, 2.24) is 4.31 Å². The van der Waals surface area contributed by atoms with Crippen LogP contribution in [0.3, 0.4) is 0 Å². The predicted octanol–water partition coefficient (Wildman–Crippen LogP) is 4.33. The molecule has 2 rings (SSSR count). The van der Waals surface area contributed by atoms with E-state index in [0.717, 1.165) is 9.87 Å². The van der Waals surface area contributed by atoms with E-state index in [9.17, 15) is 13.2 Å². The minimum atomic E-state index is -3.85. The lowest BCUT2D eigenvalue weighted by Gasteiger charge is -2.43. The number of sulfonamides is 1. The van der Waals surface area contributed by atoms with Gasteiger partial charge in [0.1, 0.15) is 0 Å². The summed E-state index contributed by atoms with van der Waals surface area (Å²) in [5, 5.41) is 0.0380. The third kappa shape index (κ3) is 4.30. The molecule has 0 bridgehead atoms. The summed E-state index contributed by atoms with van der Waals surface area (Å²) in [7, 11) is -5.95. The summed E-state index contributed by atoms with van der Waals surface area (Å²) in [6.45, 7) is 15.3. The van der Waals surface area contributed by atoms with Crippen molar-refractivity contribution in [2.45, 2.75) is 76.5 Å². The Kier molecular flexibility index (Phi) is 6.29. The molecule has 0 aliphatic carbocycles. The highest BCUT2D eigenvalue weighted by Gasteiger charge is 2.46. The number of aryl methyl sites for hydroxylation is 1. The van der Waals surface area contributed by atoms with Crippen LogP contribution in [0.5, 0.6) is 0 Å². The summed E-state index contributed by atoms with van der Waals surface area (Å²) in [6, 6.07) is 6.20. The molecule has 7 heteroatoms. The van der Waals surface area contributed by atoms with Gasteiger partial charge in [-0.3, -0.25) is 4.79 Å². The van der Waals surface area contributed by atoms with Gasteiger partial charge in [0, 0.05) is 6.42 Å². The van der Waals surface area contributed by atoms with Crippen LogP contribution in [0.1, 0.15) is 46.1 Å². The second-order valence-corrected chi connectivity index (χ2v) is 15.3. The molecule has 1 aromatic rings. The Hall–Kier alpha value is -1.18. The zero-order chi connectivity index (χ0) is 20.6. The molecule has 0 N–H and O–H groups in total. The zero-order valence-corrected chi connectivity index (χ0v) is 19.4. The lowest BCUT2D eigenvalue weighted by Crippen LogP contribution is -2.49. The van der Waals surface area contributed by atoms with Gasteiger partial charge < -0.3 is 4.43 Å². The van der Waals surface area contributed by atoms with Gasteiger partial charge in [-0.1, -0.05) is 45.4 Å². The molecule has 1 atom stereocenters. The number of carbonyl (C=O) groups excluding carboxylic acids is 1. The summed E-state index contributed by atoms with van der Waals surface area (Å²) in [5.74, 6) is 0.114. The molecule has 0 spiro atoms. The normalized spacial score (nSPS) is 19.2. The van der Waals surface area contributed by atoms with Crippen molar-refractivity contribution >= 4 is 24.2 Å². The van der Waals surface area contributed by atoms with Crippen LogP contribution in [0.2, 0.25) is 18.1 Å². The van der Waals surface area contributed by atoms with E-state index in [-0.39, 0.29) is 28.9 Å². The van der Waals surface area contributed by atoms with Crippen LogP contribution in [0, 0.1) is 12.8 Å². The number of nitrogens with zero attached hydrogens (tertiary/aromatic N) is 1. The molecule has 1 aliphatic rings. The molecule has 152 valence electrons. The first-order chi connectivity index (χ1) is 12.3. The van der Waals surface area contributed by atoms with Gasteiger partial charge in [0.25, 0.3) is 10.0 Å². The van der Waals surface area contributed by atoms with Crippen LogP contribution >= 0.6 is 0 Å². The van der Waals surface area contributed by atoms with Crippen LogP contribution in [0.25, 0.3) is 0 Å². The molecule has 0 aromatic heterocycles. The fourth-order valence-corrected chi connectivity index (χ4v) is 7.21. The number of rotatable bonds is 7. The van der Waals surface area contributed by atoms with Crippen molar-refractivity contribution in [3.05, 3.63) is 29.8 Å². The molecule has 1 aliphatic heterocycles. The van der Waals surface area contributed by atoms with Crippen molar-refractivity contribution in [3.8, 4) is 0 Å². The smallest absolute Gasteiger partial charge is 0.266 e. The Morgan fingerprint density at radius 3 is 2.30 bits per heavy atom. The zero-order valence-electron chi connectivity index (χ0n) is 17.6. The predicted molar refractivity (Wildman–Crippen MR) is 111 cm³/mol. The topological polar surface area (TPSA) is 63.7 Å². The maximum Gasteiger partial charge on any atom is 0.266 e. The molecule has 1 fully saturated rings. The number of amides is 1. The average Bonchev–Trinajstić information content (AvgIpc) is 2.94. The molecular formula is C20H33NO4SSi. The highest BCUT2D eigenvalue weighted by Crippen LogP contribution is 2.45. The second kappa shape index (κ2) is 7.68. The molecule has 27 heavy (non-hydrogen) atoms. The van der Waals surface area contributed by atoms with Crippen LogP contribution in [0.4, 0.5) is 0 Å². The Bertz CT molecular complexity index is 785. The van der Waals surface area contributed by atoms with Gasteiger partial charge in [0.05, 0.1) is 17.5 Å². The molecule has 0 saturated carbocycles. The number of benzene rings is 1. The van der Waals surface area contributed by atoms with Crippen LogP contribution in [-0.4, -0.2) is 39.6 Å². The minimum Gasteiger partial charge on any atom is -0.415 e. The van der Waals surface area contributed by atoms with Crippen molar-refractivity contribution < 1.29 is 17.6 Å². The highest BCUT2D eigenvalue weighted by atomic mass is 32.2. The summed E-state index contributed by atoms with van der Waals surface area (Å²) in [4.78, 5) is 12.6. The third-order valence-electron chi connectivity index (χ3n) is 6.48. The first-order valence-electron chi connectivity index (χ1n) is 9.58. The molecule has 0 radical (unpaired) electrons. The standard InChI is InChI=1S/C20H33NO4SSi/c1-15(2)20(4,5)27(6,7)25-14-17-10-13-19(22)21(17)26(23,24)18-11-8-16(3)9-12-18/h8-9,11-12,15,17H,10,13-14H2,1-7H3/t17-/m0/s1. The summed E-state index contributed by atoms with van der Waals surface area (Å²) in [6.07, 6.45) is 0.755. The SMILES string of the molecule is Cc1ccc(S(=O)(=O)N2C(=O)CC[C@H]2CO[Si](C)(C)C(C)(C)C(C)C)cc1. The molecule has 5 nitrogen and oxygen atoms in total. The van der Waals surface area contributed by atoms with Crippen LogP contribution in [-0.2, 0) is 19.2 Å². The molecule has 1 amide bonds. The van der Waals surface area contributed by atoms with Gasteiger partial charge in [-0.2, -0.15) is 0 Å². The fraction of sp³-hybridized carbons (Fsp3) is 0.650. The van der Waals surface area contributed by atoms with E-state index in [4.69, 9.17) is 4.43 Å². The van der Waals surface area contributed by atoms with Gasteiger partial charge in [-0.25, -0.2) is 12.7 Å². The van der Waals surface area contributed by atoms with Crippen LogP contribution in [0.15, 0.2) is 29.2 Å². The number of hydrogen-bond acceptors (Lipinski definition) is 4. The maximum absolute atomic E-state index is 13.1. The Morgan fingerprint density at radius 1 is 1.22 bits per heavy atom. The van der Waals surface area contributed by atoms with Crippen molar-refractivity contribution in [2.24, 2.45) is 5.92 Å². The number of hydrogen-bond donors (Lipinski definition) is 0. The van der Waals surface area contributed by atoms with Gasteiger partial charge in [-0.15, -0.1) is 0 Å². The molecular weight excluding hydrogens is 378 g/mol. The lowest BCUT2D eigenvalue weighted by atomic mass is 9.99. The van der Waals surface area contributed by atoms with E-state index in [2.05, 4.69) is 40.8 Å². The van der Waals surface area contributed by atoms with E-state index in [1.807, 2.05) is 6.92 Å². The Labute approximate surface area is 165 Å². The fourth-order valence-electron chi connectivity index (χ4n) is 3.21. The first-order valence-corrected chi connectivity index (χ1v) is 13.9. The Morgan fingerprint density at radius 2 is 1.78 bits per heavy atom. The van der Waals surface area contributed by atoms with E-state index in [1.54, 1.807) is 24.3 Å². The van der Waals surface area contributed by atoms with Gasteiger partial charge in [0.15, 0.2) is 8.32 Å². The summed E-state index contributed by atoms with van der Waals surface area (Å²) < 4.78 is 33.5. The van der Waals surface area contributed by atoms with Crippen molar-refractivity contribution in [1.29, 1.82) is 0 Å². The quantitative estimate of drug-likeness (QED) is 0.626. The average molecular weight is 412 g/mol. The van der Waals surface area contributed by atoms with Gasteiger partial charge in [-0.05, 0) is 49.5 Å². The van der Waals surface area contributed by atoms with E-state index in [0.29, 0.717) is 12.3 Å².